The second-order valence-corrected chi connectivity index (χ2v) is 3.47. The van der Waals surface area contributed by atoms with Gasteiger partial charge in [0.15, 0.2) is 0 Å². The highest BCUT2D eigenvalue weighted by molar-refractivity contribution is 6.17. The van der Waals surface area contributed by atoms with E-state index in [1.165, 1.54) is 0 Å². The topological polar surface area (TPSA) is 45.9 Å². The van der Waals surface area contributed by atoms with Crippen molar-refractivity contribution in [1.29, 1.82) is 5.26 Å². The van der Waals surface area contributed by atoms with Gasteiger partial charge in [0.1, 0.15) is 0 Å². The number of ether oxygens (including phenoxy) is 1. The summed E-state index contributed by atoms with van der Waals surface area (Å²) in [5.41, 5.74) is 1.31. The van der Waals surface area contributed by atoms with Crippen LogP contribution in [0.5, 0.6) is 5.88 Å². The summed E-state index contributed by atoms with van der Waals surface area (Å²) in [6.45, 7) is 1.65. The van der Waals surface area contributed by atoms with E-state index in [0.717, 1.165) is 6.07 Å². The highest BCUT2D eigenvalue weighted by Crippen LogP contribution is 2.25. The Labute approximate surface area is 101 Å². The monoisotopic (exact) mass is 264 g/mol. The van der Waals surface area contributed by atoms with E-state index >= 15 is 0 Å². The van der Waals surface area contributed by atoms with Gasteiger partial charge in [-0.1, -0.05) is 0 Å². The van der Waals surface area contributed by atoms with Crippen LogP contribution in [0.4, 0.5) is 13.2 Å². The van der Waals surface area contributed by atoms with E-state index < -0.39 is 12.2 Å². The van der Waals surface area contributed by atoms with Gasteiger partial charge < -0.3 is 4.74 Å². The second-order valence-electron chi connectivity index (χ2n) is 3.21. The van der Waals surface area contributed by atoms with Gasteiger partial charge in [0.2, 0.25) is 5.88 Å². The molecule has 0 saturated carbocycles. The van der Waals surface area contributed by atoms with E-state index in [9.17, 15) is 13.2 Å². The Morgan fingerprint density at radius 3 is 2.65 bits per heavy atom. The van der Waals surface area contributed by atoms with Crippen LogP contribution in [0.15, 0.2) is 6.07 Å². The Hall–Kier alpha value is -1.48. The molecule has 3 nitrogen and oxygen atoms in total. The Bertz CT molecular complexity index is 454. The van der Waals surface area contributed by atoms with Crippen molar-refractivity contribution in [2.45, 2.75) is 25.6 Å². The van der Waals surface area contributed by atoms with Crippen LogP contribution in [0, 0.1) is 18.3 Å². The van der Waals surface area contributed by atoms with Crippen molar-refractivity contribution < 1.29 is 17.9 Å². The average Bonchev–Trinajstić information content (AvgIpc) is 2.20. The Morgan fingerprint density at radius 2 is 2.18 bits per heavy atom. The summed E-state index contributed by atoms with van der Waals surface area (Å²) < 4.78 is 39.8. The maximum Gasteiger partial charge on any atom is 0.574 e. The van der Waals surface area contributed by atoms with E-state index in [-0.39, 0.29) is 18.0 Å². The molecule has 0 aliphatic carbocycles. The number of hydrogen-bond donors (Lipinski definition) is 0. The van der Waals surface area contributed by atoms with Crippen molar-refractivity contribution in [2.24, 2.45) is 0 Å². The number of pyridine rings is 1. The van der Waals surface area contributed by atoms with Gasteiger partial charge in [-0.25, -0.2) is 4.98 Å². The fraction of sp³-hybridized carbons (Fsp3) is 0.400. The fourth-order valence-electron chi connectivity index (χ4n) is 1.26. The summed E-state index contributed by atoms with van der Waals surface area (Å²) in [4.78, 5) is 3.64. The second kappa shape index (κ2) is 5.23. The Balaban J connectivity index is 3.16. The van der Waals surface area contributed by atoms with Crippen LogP contribution in [0.3, 0.4) is 0 Å². The molecule has 0 radical (unpaired) electrons. The zero-order valence-corrected chi connectivity index (χ0v) is 9.56. The lowest BCUT2D eigenvalue weighted by atomic mass is 10.1. The molecule has 0 spiro atoms. The van der Waals surface area contributed by atoms with Crippen LogP contribution in [0.25, 0.3) is 0 Å². The van der Waals surface area contributed by atoms with Gasteiger partial charge in [-0.2, -0.15) is 5.26 Å². The van der Waals surface area contributed by atoms with Gasteiger partial charge in [-0.05, 0) is 18.1 Å². The van der Waals surface area contributed by atoms with Gasteiger partial charge in [0, 0.05) is 6.07 Å². The minimum atomic E-state index is -4.81. The number of alkyl halides is 4. The molecule has 17 heavy (non-hydrogen) atoms. The molecule has 0 atom stereocenters. The molecule has 7 heteroatoms. The number of nitriles is 1. The summed E-state index contributed by atoms with van der Waals surface area (Å²) in [6, 6.07) is 2.96. The molecule has 0 fully saturated rings. The van der Waals surface area contributed by atoms with Gasteiger partial charge >= 0.3 is 6.36 Å². The van der Waals surface area contributed by atoms with Gasteiger partial charge in [-0.15, -0.1) is 24.8 Å². The molecule has 1 heterocycles. The molecular weight excluding hydrogens is 257 g/mol. The maximum absolute atomic E-state index is 12.0. The van der Waals surface area contributed by atoms with Crippen molar-refractivity contribution in [2.75, 3.05) is 0 Å². The summed E-state index contributed by atoms with van der Waals surface area (Å²) in [5, 5.41) is 8.56. The molecule has 1 rings (SSSR count). The van der Waals surface area contributed by atoms with Crippen molar-refractivity contribution in [1.82, 2.24) is 4.98 Å². The Kier molecular flexibility index (Phi) is 4.18. The Morgan fingerprint density at radius 1 is 1.53 bits per heavy atom. The summed E-state index contributed by atoms with van der Waals surface area (Å²) in [5.74, 6) is -0.636. The van der Waals surface area contributed by atoms with Gasteiger partial charge in [0.25, 0.3) is 0 Å². The first kappa shape index (κ1) is 13.6. The number of nitrogens with zero attached hydrogens (tertiary/aromatic N) is 2. The average molecular weight is 265 g/mol. The summed E-state index contributed by atoms with van der Waals surface area (Å²) >= 11 is 5.57. The van der Waals surface area contributed by atoms with Crippen LogP contribution in [0.2, 0.25) is 0 Å². The molecular formula is C10H8ClF3N2O. The van der Waals surface area contributed by atoms with Crippen molar-refractivity contribution in [3.63, 3.8) is 0 Å². The molecule has 92 valence electrons. The minimum absolute atomic E-state index is 0.0214. The molecule has 1 aromatic heterocycles. The third-order valence-electron chi connectivity index (χ3n) is 2.07. The van der Waals surface area contributed by atoms with E-state index in [2.05, 4.69) is 9.72 Å². The largest absolute Gasteiger partial charge is 0.574 e. The molecule has 0 aliphatic rings. The molecule has 0 aromatic carbocycles. The van der Waals surface area contributed by atoms with Crippen LogP contribution in [-0.2, 0) is 12.3 Å². The van der Waals surface area contributed by atoms with E-state index in [4.69, 9.17) is 16.9 Å². The van der Waals surface area contributed by atoms with E-state index in [0.29, 0.717) is 11.1 Å². The molecule has 1 aromatic rings. The third-order valence-corrected chi connectivity index (χ3v) is 2.33. The molecule has 0 aliphatic heterocycles. The van der Waals surface area contributed by atoms with Gasteiger partial charge in [0.05, 0.1) is 24.1 Å². The number of hydrogen-bond acceptors (Lipinski definition) is 3. The lowest BCUT2D eigenvalue weighted by Gasteiger charge is -2.12. The van der Waals surface area contributed by atoms with Crippen LogP contribution in [0.1, 0.15) is 16.8 Å². The van der Waals surface area contributed by atoms with Crippen molar-refractivity contribution >= 4 is 11.6 Å². The smallest absolute Gasteiger partial charge is 0.388 e. The van der Waals surface area contributed by atoms with Crippen molar-refractivity contribution in [3.05, 3.63) is 22.9 Å². The lowest BCUT2D eigenvalue weighted by Crippen LogP contribution is -2.18. The van der Waals surface area contributed by atoms with Crippen molar-refractivity contribution in [3.8, 4) is 11.9 Å². The first-order valence-corrected chi connectivity index (χ1v) is 5.09. The molecule has 0 unspecified atom stereocenters. The van der Waals surface area contributed by atoms with E-state index in [1.807, 2.05) is 6.07 Å². The first-order valence-electron chi connectivity index (χ1n) is 4.55. The number of rotatable bonds is 3. The van der Waals surface area contributed by atoms with Gasteiger partial charge in [-0.3, -0.25) is 0 Å². The quantitative estimate of drug-likeness (QED) is 0.788. The maximum atomic E-state index is 12.0. The highest BCUT2D eigenvalue weighted by Gasteiger charge is 2.32. The predicted molar refractivity (Wildman–Crippen MR) is 54.5 cm³/mol. The fourth-order valence-corrected chi connectivity index (χ4v) is 1.52. The predicted octanol–water partition coefficient (Wildman–Crippen LogP) is 3.09. The summed E-state index contributed by atoms with van der Waals surface area (Å²) in [6.07, 6.45) is -4.83. The van der Waals surface area contributed by atoms with Crippen LogP contribution >= 0.6 is 11.6 Å². The molecule has 0 saturated heterocycles. The molecule has 0 bridgehead atoms. The normalized spacial score (nSPS) is 11.1. The molecule has 0 amide bonds. The lowest BCUT2D eigenvalue weighted by molar-refractivity contribution is -0.276. The zero-order chi connectivity index (χ0) is 13.1. The van der Waals surface area contributed by atoms with Crippen LogP contribution in [-0.4, -0.2) is 11.3 Å². The SMILES string of the molecule is Cc1c(CC#N)cc(OC(F)(F)F)nc1CCl. The third kappa shape index (κ3) is 3.79. The zero-order valence-electron chi connectivity index (χ0n) is 8.81. The standard InChI is InChI=1S/C10H8ClF3N2O/c1-6-7(2-3-15)4-9(16-8(6)5-11)17-10(12,13)14/h4H,2,5H2,1H3. The summed E-state index contributed by atoms with van der Waals surface area (Å²) in [7, 11) is 0. The number of halogens is 4. The van der Waals surface area contributed by atoms with Crippen LogP contribution < -0.4 is 4.74 Å². The highest BCUT2D eigenvalue weighted by atomic mass is 35.5. The first-order chi connectivity index (χ1) is 7.87. The minimum Gasteiger partial charge on any atom is -0.388 e. The van der Waals surface area contributed by atoms with E-state index in [1.54, 1.807) is 6.92 Å². The number of aromatic nitrogens is 1. The molecule has 0 N–H and O–H groups in total.